The Morgan fingerprint density at radius 2 is 2.10 bits per heavy atom. The summed E-state index contributed by atoms with van der Waals surface area (Å²) in [7, 11) is -1.05. The SMILES string of the molecule is CCCNC(C)(CN(C)C1CCS(=O)(=O)C1)C(=O)OCC. The first-order chi connectivity index (χ1) is 9.74. The summed E-state index contributed by atoms with van der Waals surface area (Å²) < 4.78 is 28.3. The van der Waals surface area contributed by atoms with E-state index in [0.29, 0.717) is 26.1 Å². The normalized spacial score (nSPS) is 24.0. The highest BCUT2D eigenvalue weighted by Crippen LogP contribution is 2.19. The summed E-state index contributed by atoms with van der Waals surface area (Å²) in [4.78, 5) is 14.2. The minimum Gasteiger partial charge on any atom is -0.465 e. The minimum absolute atomic E-state index is 0.0211. The van der Waals surface area contributed by atoms with E-state index in [4.69, 9.17) is 4.74 Å². The standard InChI is InChI=1S/C14H28N2O4S/c1-5-8-15-14(3,13(17)20-6-2)11-16(4)12-7-9-21(18,19)10-12/h12,15H,5-11H2,1-4H3. The zero-order valence-electron chi connectivity index (χ0n) is 13.5. The number of carbonyl (C=O) groups excluding carboxylic acids is 1. The number of likely N-dealkylation sites (N-methyl/N-ethyl adjacent to an activating group) is 1. The number of esters is 1. The van der Waals surface area contributed by atoms with Gasteiger partial charge in [0.25, 0.3) is 0 Å². The van der Waals surface area contributed by atoms with Crippen LogP contribution in [0.3, 0.4) is 0 Å². The van der Waals surface area contributed by atoms with E-state index in [1.54, 1.807) is 6.92 Å². The van der Waals surface area contributed by atoms with Crippen LogP contribution in [0.2, 0.25) is 0 Å². The molecule has 1 N–H and O–H groups in total. The molecule has 0 aromatic rings. The first-order valence-electron chi connectivity index (χ1n) is 7.57. The van der Waals surface area contributed by atoms with Crippen LogP contribution in [-0.2, 0) is 19.4 Å². The average molecular weight is 320 g/mol. The summed E-state index contributed by atoms with van der Waals surface area (Å²) >= 11 is 0. The second-order valence-electron chi connectivity index (χ2n) is 5.95. The van der Waals surface area contributed by atoms with Gasteiger partial charge in [-0.15, -0.1) is 0 Å². The molecule has 0 amide bonds. The molecule has 1 aliphatic heterocycles. The molecule has 1 heterocycles. The summed E-state index contributed by atoms with van der Waals surface area (Å²) in [5, 5.41) is 3.24. The van der Waals surface area contributed by atoms with E-state index in [0.717, 1.165) is 6.42 Å². The predicted molar refractivity (Wildman–Crippen MR) is 83.0 cm³/mol. The van der Waals surface area contributed by atoms with Crippen molar-refractivity contribution in [3.63, 3.8) is 0 Å². The van der Waals surface area contributed by atoms with Crippen LogP contribution < -0.4 is 5.32 Å². The zero-order chi connectivity index (χ0) is 16.1. The Morgan fingerprint density at radius 3 is 2.57 bits per heavy atom. The highest BCUT2D eigenvalue weighted by atomic mass is 32.2. The molecule has 2 unspecified atom stereocenters. The summed E-state index contributed by atoms with van der Waals surface area (Å²) in [6.45, 7) is 7.12. The molecule has 1 saturated heterocycles. The number of sulfone groups is 1. The van der Waals surface area contributed by atoms with Crippen LogP contribution in [0.15, 0.2) is 0 Å². The lowest BCUT2D eigenvalue weighted by Crippen LogP contribution is -2.58. The van der Waals surface area contributed by atoms with Crippen molar-refractivity contribution >= 4 is 15.8 Å². The number of rotatable bonds is 8. The van der Waals surface area contributed by atoms with Crippen LogP contribution >= 0.6 is 0 Å². The summed E-state index contributed by atoms with van der Waals surface area (Å²) in [5.74, 6) is 0.127. The Balaban J connectivity index is 2.73. The fourth-order valence-electron chi connectivity index (χ4n) is 2.63. The number of nitrogens with one attached hydrogen (secondary N) is 1. The molecule has 1 aliphatic rings. The van der Waals surface area contributed by atoms with E-state index in [-0.39, 0.29) is 23.5 Å². The highest BCUT2D eigenvalue weighted by molar-refractivity contribution is 7.91. The van der Waals surface area contributed by atoms with Crippen molar-refractivity contribution in [1.29, 1.82) is 0 Å². The monoisotopic (exact) mass is 320 g/mol. The molecule has 124 valence electrons. The second kappa shape index (κ2) is 7.56. The van der Waals surface area contributed by atoms with Crippen molar-refractivity contribution in [1.82, 2.24) is 10.2 Å². The van der Waals surface area contributed by atoms with Gasteiger partial charge in [0, 0.05) is 12.6 Å². The van der Waals surface area contributed by atoms with Gasteiger partial charge in [0.15, 0.2) is 9.84 Å². The van der Waals surface area contributed by atoms with Crippen LogP contribution in [0.25, 0.3) is 0 Å². The third-order valence-corrected chi connectivity index (χ3v) is 5.64. The smallest absolute Gasteiger partial charge is 0.327 e. The molecule has 7 heteroatoms. The van der Waals surface area contributed by atoms with Gasteiger partial charge in [-0.3, -0.25) is 9.69 Å². The van der Waals surface area contributed by atoms with E-state index < -0.39 is 15.4 Å². The average Bonchev–Trinajstić information content (AvgIpc) is 2.77. The maximum absolute atomic E-state index is 12.2. The van der Waals surface area contributed by atoms with Crippen LogP contribution in [0.1, 0.15) is 33.6 Å². The van der Waals surface area contributed by atoms with Gasteiger partial charge in [-0.25, -0.2) is 8.42 Å². The van der Waals surface area contributed by atoms with E-state index in [9.17, 15) is 13.2 Å². The fraction of sp³-hybridized carbons (Fsp3) is 0.929. The predicted octanol–water partition coefficient (Wildman–Crippen LogP) is 0.427. The van der Waals surface area contributed by atoms with Crippen molar-refractivity contribution in [2.24, 2.45) is 0 Å². The molecule has 21 heavy (non-hydrogen) atoms. The van der Waals surface area contributed by atoms with Gasteiger partial charge in [0.05, 0.1) is 18.1 Å². The third-order valence-electron chi connectivity index (χ3n) is 3.89. The maximum atomic E-state index is 12.2. The topological polar surface area (TPSA) is 75.7 Å². The van der Waals surface area contributed by atoms with Gasteiger partial charge >= 0.3 is 5.97 Å². The van der Waals surface area contributed by atoms with E-state index in [1.807, 2.05) is 25.8 Å². The molecule has 0 aromatic heterocycles. The molecular formula is C14H28N2O4S. The second-order valence-corrected chi connectivity index (χ2v) is 8.18. The van der Waals surface area contributed by atoms with E-state index >= 15 is 0 Å². The highest BCUT2D eigenvalue weighted by Gasteiger charge is 2.39. The van der Waals surface area contributed by atoms with Gasteiger partial charge in [-0.2, -0.15) is 0 Å². The summed E-state index contributed by atoms with van der Waals surface area (Å²) in [6.07, 6.45) is 1.54. The van der Waals surface area contributed by atoms with Crippen molar-refractivity contribution in [2.75, 3.05) is 38.2 Å². The number of carbonyl (C=O) groups is 1. The molecule has 6 nitrogen and oxygen atoms in total. The van der Waals surface area contributed by atoms with Gasteiger partial charge in [-0.05, 0) is 40.3 Å². The van der Waals surface area contributed by atoms with Crippen molar-refractivity contribution in [3.05, 3.63) is 0 Å². The molecule has 0 radical (unpaired) electrons. The molecule has 0 bridgehead atoms. The molecule has 2 atom stereocenters. The quantitative estimate of drug-likeness (QED) is 0.654. The maximum Gasteiger partial charge on any atom is 0.327 e. The van der Waals surface area contributed by atoms with Crippen molar-refractivity contribution in [2.45, 2.75) is 45.2 Å². The first-order valence-corrected chi connectivity index (χ1v) is 9.39. The zero-order valence-corrected chi connectivity index (χ0v) is 14.3. The molecule has 1 rings (SSSR count). The molecule has 0 saturated carbocycles. The van der Waals surface area contributed by atoms with Crippen molar-refractivity contribution < 1.29 is 17.9 Å². The Labute approximate surface area is 128 Å². The van der Waals surface area contributed by atoms with Crippen LogP contribution in [0.4, 0.5) is 0 Å². The Morgan fingerprint density at radius 1 is 1.43 bits per heavy atom. The number of ether oxygens (including phenoxy) is 1. The van der Waals surface area contributed by atoms with Crippen LogP contribution in [-0.4, -0.2) is 69.1 Å². The molecule has 0 aliphatic carbocycles. The molecule has 0 aromatic carbocycles. The number of hydrogen-bond donors (Lipinski definition) is 1. The third kappa shape index (κ3) is 5.23. The largest absolute Gasteiger partial charge is 0.465 e. The molecular weight excluding hydrogens is 292 g/mol. The van der Waals surface area contributed by atoms with Crippen LogP contribution in [0, 0.1) is 0 Å². The van der Waals surface area contributed by atoms with Gasteiger partial charge < -0.3 is 10.1 Å². The van der Waals surface area contributed by atoms with Gasteiger partial charge in [0.2, 0.25) is 0 Å². The van der Waals surface area contributed by atoms with Crippen LogP contribution in [0.5, 0.6) is 0 Å². The first kappa shape index (κ1) is 18.4. The van der Waals surface area contributed by atoms with E-state index in [2.05, 4.69) is 5.32 Å². The van der Waals surface area contributed by atoms with E-state index in [1.165, 1.54) is 0 Å². The van der Waals surface area contributed by atoms with Gasteiger partial charge in [-0.1, -0.05) is 6.92 Å². The fourth-order valence-corrected chi connectivity index (χ4v) is 4.44. The van der Waals surface area contributed by atoms with Gasteiger partial charge in [0.1, 0.15) is 5.54 Å². The summed E-state index contributed by atoms with van der Waals surface area (Å²) in [6, 6.07) is -0.0211. The number of nitrogens with zero attached hydrogens (tertiary/aromatic N) is 1. The Bertz CT molecular complexity index is 452. The molecule has 0 spiro atoms. The Hall–Kier alpha value is -0.660. The van der Waals surface area contributed by atoms with Crippen molar-refractivity contribution in [3.8, 4) is 0 Å². The molecule has 1 fully saturated rings. The summed E-state index contributed by atoms with van der Waals surface area (Å²) in [5.41, 5.74) is -0.812. The lowest BCUT2D eigenvalue weighted by Gasteiger charge is -2.35. The number of hydrogen-bond acceptors (Lipinski definition) is 6. The lowest BCUT2D eigenvalue weighted by atomic mass is 10.0. The Kier molecular flexibility index (Phi) is 6.62. The lowest BCUT2D eigenvalue weighted by molar-refractivity contribution is -0.151. The minimum atomic E-state index is -2.92.